The molecule has 0 atom stereocenters. The number of barbiturate groups is 1. The van der Waals surface area contributed by atoms with Gasteiger partial charge in [0.1, 0.15) is 11.4 Å². The van der Waals surface area contributed by atoms with Crippen molar-refractivity contribution < 1.29 is 18.8 Å². The molecule has 160 valence electrons. The van der Waals surface area contributed by atoms with Crippen LogP contribution in [0.15, 0.2) is 72.3 Å². The summed E-state index contributed by atoms with van der Waals surface area (Å²) < 4.78 is 13.4. The number of urea groups is 1. The highest BCUT2D eigenvalue weighted by Crippen LogP contribution is 2.26. The number of hydrogen-bond donors (Lipinski definition) is 1. The van der Waals surface area contributed by atoms with Crippen LogP contribution in [0.1, 0.15) is 16.7 Å². The number of nitrogens with one attached hydrogen (secondary N) is 1. The zero-order valence-corrected chi connectivity index (χ0v) is 18.0. The standard InChI is InChI=1S/C24H15Cl2FN2O3/c25-17-6-8-19(9-7-17)29-23(31)20(22(30)28-24(29)32)12-15-4-5-16(21(26)13-15)10-14-2-1-3-18(27)11-14/h1-9,11-13H,10H2,(H,28,30,32)/b20-12+. The minimum Gasteiger partial charge on any atom is -0.273 e. The first-order valence-electron chi connectivity index (χ1n) is 9.52. The van der Waals surface area contributed by atoms with Crippen LogP contribution in [0, 0.1) is 5.82 Å². The predicted molar refractivity (Wildman–Crippen MR) is 121 cm³/mol. The van der Waals surface area contributed by atoms with Gasteiger partial charge in [-0.15, -0.1) is 0 Å². The van der Waals surface area contributed by atoms with Gasteiger partial charge in [-0.2, -0.15) is 0 Å². The van der Waals surface area contributed by atoms with E-state index in [-0.39, 0.29) is 17.1 Å². The van der Waals surface area contributed by atoms with E-state index in [4.69, 9.17) is 23.2 Å². The molecule has 0 bridgehead atoms. The lowest BCUT2D eigenvalue weighted by Crippen LogP contribution is -2.54. The van der Waals surface area contributed by atoms with Crippen LogP contribution in [0.4, 0.5) is 14.9 Å². The Hall–Kier alpha value is -3.48. The van der Waals surface area contributed by atoms with Gasteiger partial charge in [0.2, 0.25) is 0 Å². The molecule has 1 aliphatic rings. The van der Waals surface area contributed by atoms with E-state index in [1.54, 1.807) is 30.3 Å². The summed E-state index contributed by atoms with van der Waals surface area (Å²) in [6.45, 7) is 0. The van der Waals surface area contributed by atoms with Crippen LogP contribution in [0.3, 0.4) is 0 Å². The number of halogens is 3. The Morgan fingerprint density at radius 3 is 2.38 bits per heavy atom. The van der Waals surface area contributed by atoms with Crippen LogP contribution >= 0.6 is 23.2 Å². The molecule has 0 unspecified atom stereocenters. The molecule has 1 aliphatic heterocycles. The number of rotatable bonds is 4. The quantitative estimate of drug-likeness (QED) is 0.412. The zero-order chi connectivity index (χ0) is 22.8. The summed E-state index contributed by atoms with van der Waals surface area (Å²) in [6.07, 6.45) is 1.79. The van der Waals surface area contributed by atoms with Gasteiger partial charge in [0.15, 0.2) is 0 Å². The molecule has 0 saturated carbocycles. The molecule has 0 aliphatic carbocycles. The van der Waals surface area contributed by atoms with Gasteiger partial charge in [0, 0.05) is 10.0 Å². The van der Waals surface area contributed by atoms with Crippen LogP contribution in [-0.2, 0) is 16.0 Å². The van der Waals surface area contributed by atoms with Crippen LogP contribution < -0.4 is 10.2 Å². The first kappa shape index (κ1) is 21.7. The number of carbonyl (C=O) groups is 3. The molecule has 4 amide bonds. The number of nitrogens with zero attached hydrogens (tertiary/aromatic N) is 1. The van der Waals surface area contributed by atoms with Crippen molar-refractivity contribution in [2.24, 2.45) is 0 Å². The maximum Gasteiger partial charge on any atom is 0.335 e. The van der Waals surface area contributed by atoms with Crippen molar-refractivity contribution in [3.05, 3.63) is 105 Å². The monoisotopic (exact) mass is 468 g/mol. The summed E-state index contributed by atoms with van der Waals surface area (Å²) in [5, 5.41) is 3.01. The number of anilines is 1. The summed E-state index contributed by atoms with van der Waals surface area (Å²) in [5.74, 6) is -1.90. The van der Waals surface area contributed by atoms with Gasteiger partial charge in [0.05, 0.1) is 5.69 Å². The predicted octanol–water partition coefficient (Wildman–Crippen LogP) is 5.39. The Labute approximate surface area is 193 Å². The molecule has 5 nitrogen and oxygen atoms in total. The fraction of sp³-hybridized carbons (Fsp3) is 0.0417. The van der Waals surface area contributed by atoms with E-state index in [9.17, 15) is 18.8 Å². The second-order valence-corrected chi connectivity index (χ2v) is 7.94. The minimum atomic E-state index is -0.844. The fourth-order valence-electron chi connectivity index (χ4n) is 3.31. The molecule has 1 N–H and O–H groups in total. The maximum absolute atomic E-state index is 13.4. The number of benzene rings is 3. The van der Waals surface area contributed by atoms with Crippen molar-refractivity contribution >= 4 is 52.8 Å². The average Bonchev–Trinajstić information content (AvgIpc) is 2.74. The highest BCUT2D eigenvalue weighted by atomic mass is 35.5. The molecule has 3 aromatic rings. The Bertz CT molecular complexity index is 1270. The van der Waals surface area contributed by atoms with Crippen molar-refractivity contribution in [1.29, 1.82) is 0 Å². The third-order valence-corrected chi connectivity index (χ3v) is 5.46. The molecule has 32 heavy (non-hydrogen) atoms. The van der Waals surface area contributed by atoms with E-state index in [0.29, 0.717) is 22.0 Å². The lowest BCUT2D eigenvalue weighted by atomic mass is 10.0. The highest BCUT2D eigenvalue weighted by Gasteiger charge is 2.36. The third kappa shape index (κ3) is 4.56. The molecule has 0 radical (unpaired) electrons. The van der Waals surface area contributed by atoms with Crippen molar-refractivity contribution in [2.45, 2.75) is 6.42 Å². The molecular weight excluding hydrogens is 454 g/mol. The van der Waals surface area contributed by atoms with Crippen LogP contribution in [0.2, 0.25) is 10.0 Å². The molecule has 3 aromatic carbocycles. The van der Waals surface area contributed by atoms with Crippen LogP contribution in [0.5, 0.6) is 0 Å². The molecule has 8 heteroatoms. The largest absolute Gasteiger partial charge is 0.335 e. The number of imide groups is 2. The van der Waals surface area contributed by atoms with E-state index in [1.807, 2.05) is 0 Å². The Morgan fingerprint density at radius 2 is 1.69 bits per heavy atom. The van der Waals surface area contributed by atoms with Gasteiger partial charge in [-0.3, -0.25) is 14.9 Å². The highest BCUT2D eigenvalue weighted by molar-refractivity contribution is 6.39. The van der Waals surface area contributed by atoms with E-state index in [1.165, 1.54) is 42.5 Å². The molecule has 0 aromatic heterocycles. The van der Waals surface area contributed by atoms with Gasteiger partial charge >= 0.3 is 6.03 Å². The van der Waals surface area contributed by atoms with Gasteiger partial charge in [0.25, 0.3) is 11.8 Å². The number of carbonyl (C=O) groups excluding carboxylic acids is 3. The molecular formula is C24H15Cl2FN2O3. The van der Waals surface area contributed by atoms with Crippen LogP contribution in [0.25, 0.3) is 6.08 Å². The van der Waals surface area contributed by atoms with Gasteiger partial charge in [-0.1, -0.05) is 47.5 Å². The molecule has 1 heterocycles. The Balaban J connectivity index is 1.62. The topological polar surface area (TPSA) is 66.5 Å². The zero-order valence-electron chi connectivity index (χ0n) is 16.4. The van der Waals surface area contributed by atoms with Crippen molar-refractivity contribution in [3.8, 4) is 0 Å². The van der Waals surface area contributed by atoms with Gasteiger partial charge < -0.3 is 0 Å². The maximum atomic E-state index is 13.4. The SMILES string of the molecule is O=C1NC(=O)N(c2ccc(Cl)cc2)C(=O)/C1=C/c1ccc(Cc2cccc(F)c2)c(Cl)c1. The second kappa shape index (κ2) is 8.94. The second-order valence-electron chi connectivity index (χ2n) is 7.09. The van der Waals surface area contributed by atoms with Crippen molar-refractivity contribution in [2.75, 3.05) is 4.90 Å². The third-order valence-electron chi connectivity index (χ3n) is 4.86. The average molecular weight is 469 g/mol. The van der Waals surface area contributed by atoms with Crippen LogP contribution in [-0.4, -0.2) is 17.8 Å². The normalized spacial score (nSPS) is 15.3. The minimum absolute atomic E-state index is 0.214. The number of hydrogen-bond acceptors (Lipinski definition) is 3. The smallest absolute Gasteiger partial charge is 0.273 e. The van der Waals surface area contributed by atoms with Gasteiger partial charge in [-0.25, -0.2) is 14.1 Å². The first-order valence-corrected chi connectivity index (χ1v) is 10.3. The van der Waals surface area contributed by atoms with E-state index < -0.39 is 17.8 Å². The molecule has 1 saturated heterocycles. The lowest BCUT2D eigenvalue weighted by Gasteiger charge is -2.26. The van der Waals surface area contributed by atoms with E-state index in [2.05, 4.69) is 5.32 Å². The van der Waals surface area contributed by atoms with Gasteiger partial charge in [-0.05, 0) is 71.7 Å². The molecule has 4 rings (SSSR count). The molecule has 0 spiro atoms. The Kier molecular flexibility index (Phi) is 6.08. The summed E-state index contributed by atoms with van der Waals surface area (Å²) in [4.78, 5) is 38.4. The number of amides is 4. The summed E-state index contributed by atoms with van der Waals surface area (Å²) in [7, 11) is 0. The van der Waals surface area contributed by atoms with E-state index in [0.717, 1.165) is 16.0 Å². The Morgan fingerprint density at radius 1 is 0.938 bits per heavy atom. The summed E-state index contributed by atoms with van der Waals surface area (Å²) >= 11 is 12.3. The lowest BCUT2D eigenvalue weighted by molar-refractivity contribution is -0.122. The van der Waals surface area contributed by atoms with E-state index >= 15 is 0 Å². The summed E-state index contributed by atoms with van der Waals surface area (Å²) in [6, 6.07) is 16.5. The molecule has 1 fully saturated rings. The summed E-state index contributed by atoms with van der Waals surface area (Å²) in [5.41, 5.74) is 2.09. The van der Waals surface area contributed by atoms with Crippen molar-refractivity contribution in [1.82, 2.24) is 5.32 Å². The fourth-order valence-corrected chi connectivity index (χ4v) is 3.69. The first-order chi connectivity index (χ1) is 15.3. The van der Waals surface area contributed by atoms with Crippen molar-refractivity contribution in [3.63, 3.8) is 0 Å².